The SMILES string of the molecule is CC(=O)c1nc(N)c(C)cc1C(=O)Nc1ccccc1. The molecular formula is C15H15N3O2. The fraction of sp³-hybridized carbons (Fsp3) is 0.133. The monoisotopic (exact) mass is 269 g/mol. The van der Waals surface area contributed by atoms with Gasteiger partial charge in [-0.2, -0.15) is 0 Å². The lowest BCUT2D eigenvalue weighted by molar-refractivity contribution is 0.0981. The number of ketones is 1. The van der Waals surface area contributed by atoms with Crippen LogP contribution in [0.5, 0.6) is 0 Å². The third kappa shape index (κ3) is 2.83. The Morgan fingerprint density at radius 2 is 1.85 bits per heavy atom. The van der Waals surface area contributed by atoms with Crippen LogP contribution in [0.1, 0.15) is 33.3 Å². The number of amides is 1. The zero-order valence-electron chi connectivity index (χ0n) is 11.3. The van der Waals surface area contributed by atoms with E-state index in [1.54, 1.807) is 25.1 Å². The van der Waals surface area contributed by atoms with E-state index in [0.717, 1.165) is 0 Å². The second-order valence-electron chi connectivity index (χ2n) is 4.46. The maximum absolute atomic E-state index is 12.3. The molecule has 1 aromatic heterocycles. The molecule has 0 atom stereocenters. The molecule has 2 rings (SSSR count). The molecule has 1 aromatic carbocycles. The Labute approximate surface area is 116 Å². The van der Waals surface area contributed by atoms with Crippen molar-refractivity contribution in [3.8, 4) is 0 Å². The first-order chi connectivity index (χ1) is 9.49. The zero-order chi connectivity index (χ0) is 14.7. The molecular weight excluding hydrogens is 254 g/mol. The van der Waals surface area contributed by atoms with E-state index in [1.165, 1.54) is 6.92 Å². The molecule has 0 spiro atoms. The number of benzene rings is 1. The van der Waals surface area contributed by atoms with Crippen LogP contribution in [-0.2, 0) is 0 Å². The van der Waals surface area contributed by atoms with Crippen molar-refractivity contribution in [2.75, 3.05) is 11.1 Å². The smallest absolute Gasteiger partial charge is 0.258 e. The topological polar surface area (TPSA) is 85.1 Å². The Kier molecular flexibility index (Phi) is 3.79. The standard InChI is InChI=1S/C15H15N3O2/c1-9-8-12(13(10(2)19)18-14(9)16)15(20)17-11-6-4-3-5-7-11/h3-8H,1-2H3,(H2,16,18)(H,17,20). The number of carbonyl (C=O) groups excluding carboxylic acids is 2. The molecule has 1 heterocycles. The molecule has 20 heavy (non-hydrogen) atoms. The first-order valence-corrected chi connectivity index (χ1v) is 6.13. The van der Waals surface area contributed by atoms with Crippen LogP contribution in [-0.4, -0.2) is 16.7 Å². The number of carbonyl (C=O) groups is 2. The summed E-state index contributed by atoms with van der Waals surface area (Å²) in [4.78, 5) is 27.8. The molecule has 0 aliphatic carbocycles. The lowest BCUT2D eigenvalue weighted by Gasteiger charge is -2.10. The van der Waals surface area contributed by atoms with E-state index in [1.807, 2.05) is 18.2 Å². The molecule has 0 unspecified atom stereocenters. The van der Waals surface area contributed by atoms with Gasteiger partial charge in [-0.3, -0.25) is 9.59 Å². The van der Waals surface area contributed by atoms with E-state index in [9.17, 15) is 9.59 Å². The highest BCUT2D eigenvalue weighted by Crippen LogP contribution is 2.17. The second kappa shape index (κ2) is 5.52. The Bertz CT molecular complexity index is 666. The maximum atomic E-state index is 12.3. The summed E-state index contributed by atoms with van der Waals surface area (Å²) in [5, 5.41) is 2.73. The minimum atomic E-state index is -0.378. The molecule has 0 bridgehead atoms. The second-order valence-corrected chi connectivity index (χ2v) is 4.46. The van der Waals surface area contributed by atoms with E-state index < -0.39 is 0 Å². The number of aryl methyl sites for hydroxylation is 1. The van der Waals surface area contributed by atoms with Crippen LogP contribution in [0, 0.1) is 6.92 Å². The number of para-hydroxylation sites is 1. The Hall–Kier alpha value is -2.69. The number of nitrogen functional groups attached to an aromatic ring is 1. The van der Waals surface area contributed by atoms with Gasteiger partial charge in [0.25, 0.3) is 5.91 Å². The first kappa shape index (κ1) is 13.7. The van der Waals surface area contributed by atoms with Crippen molar-refractivity contribution < 1.29 is 9.59 Å². The Balaban J connectivity index is 2.39. The largest absolute Gasteiger partial charge is 0.383 e. The third-order valence-electron chi connectivity index (χ3n) is 2.86. The summed E-state index contributed by atoms with van der Waals surface area (Å²) in [5.74, 6) is -0.418. The highest BCUT2D eigenvalue weighted by Gasteiger charge is 2.18. The predicted molar refractivity (Wildman–Crippen MR) is 77.8 cm³/mol. The number of nitrogens with two attached hydrogens (primary N) is 1. The van der Waals surface area contributed by atoms with Gasteiger partial charge in [-0.05, 0) is 30.7 Å². The molecule has 0 saturated heterocycles. The highest BCUT2D eigenvalue weighted by molar-refractivity contribution is 6.11. The predicted octanol–water partition coefficient (Wildman–Crippen LogP) is 2.43. The van der Waals surface area contributed by atoms with E-state index in [-0.39, 0.29) is 28.8 Å². The summed E-state index contributed by atoms with van der Waals surface area (Å²) in [7, 11) is 0. The number of aromatic nitrogens is 1. The molecule has 0 radical (unpaired) electrons. The van der Waals surface area contributed by atoms with Crippen molar-refractivity contribution in [1.82, 2.24) is 4.98 Å². The van der Waals surface area contributed by atoms with E-state index in [2.05, 4.69) is 10.3 Å². The minimum Gasteiger partial charge on any atom is -0.383 e. The summed E-state index contributed by atoms with van der Waals surface area (Å²) < 4.78 is 0. The van der Waals surface area contributed by atoms with Crippen LogP contribution in [0.25, 0.3) is 0 Å². The van der Waals surface area contributed by atoms with Gasteiger partial charge in [0.2, 0.25) is 0 Å². The van der Waals surface area contributed by atoms with Gasteiger partial charge in [-0.1, -0.05) is 18.2 Å². The van der Waals surface area contributed by atoms with Gasteiger partial charge in [0, 0.05) is 12.6 Å². The molecule has 0 aliphatic rings. The van der Waals surface area contributed by atoms with Gasteiger partial charge in [0.15, 0.2) is 5.78 Å². The van der Waals surface area contributed by atoms with Crippen LogP contribution in [0.3, 0.4) is 0 Å². The molecule has 102 valence electrons. The third-order valence-corrected chi connectivity index (χ3v) is 2.86. The molecule has 5 heteroatoms. The van der Waals surface area contributed by atoms with Crippen LogP contribution in [0.4, 0.5) is 11.5 Å². The lowest BCUT2D eigenvalue weighted by atomic mass is 10.1. The maximum Gasteiger partial charge on any atom is 0.258 e. The van der Waals surface area contributed by atoms with Crippen LogP contribution in [0.15, 0.2) is 36.4 Å². The van der Waals surface area contributed by atoms with Gasteiger partial charge < -0.3 is 11.1 Å². The van der Waals surface area contributed by atoms with Crippen molar-refractivity contribution in [3.63, 3.8) is 0 Å². The van der Waals surface area contributed by atoms with Crippen LogP contribution in [0.2, 0.25) is 0 Å². The number of Topliss-reactive ketones (excluding diaryl/α,β-unsaturated/α-hetero) is 1. The number of pyridine rings is 1. The molecule has 2 aromatic rings. The van der Waals surface area contributed by atoms with Gasteiger partial charge in [-0.15, -0.1) is 0 Å². The average molecular weight is 269 g/mol. The van der Waals surface area contributed by atoms with Crippen molar-refractivity contribution in [2.45, 2.75) is 13.8 Å². The van der Waals surface area contributed by atoms with Gasteiger partial charge >= 0.3 is 0 Å². The van der Waals surface area contributed by atoms with Gasteiger partial charge in [0.05, 0.1) is 5.56 Å². The number of anilines is 2. The fourth-order valence-corrected chi connectivity index (χ4v) is 1.79. The molecule has 0 saturated carbocycles. The first-order valence-electron chi connectivity index (χ1n) is 6.13. The summed E-state index contributed by atoms with van der Waals surface area (Å²) in [6.07, 6.45) is 0. The summed E-state index contributed by atoms with van der Waals surface area (Å²) in [5.41, 5.74) is 7.31. The number of nitrogens with one attached hydrogen (secondary N) is 1. The zero-order valence-corrected chi connectivity index (χ0v) is 11.3. The average Bonchev–Trinajstić information content (AvgIpc) is 2.42. The highest BCUT2D eigenvalue weighted by atomic mass is 16.2. The number of rotatable bonds is 3. The molecule has 1 amide bonds. The summed E-state index contributed by atoms with van der Waals surface area (Å²) in [6, 6.07) is 10.6. The van der Waals surface area contributed by atoms with Gasteiger partial charge in [0.1, 0.15) is 11.5 Å². The molecule has 5 nitrogen and oxygen atoms in total. The minimum absolute atomic E-state index is 0.0848. The van der Waals surface area contributed by atoms with Crippen LogP contribution >= 0.6 is 0 Å². The molecule has 0 aliphatic heterocycles. The lowest BCUT2D eigenvalue weighted by Crippen LogP contribution is -2.18. The number of hydrogen-bond acceptors (Lipinski definition) is 4. The van der Waals surface area contributed by atoms with Crippen molar-refractivity contribution >= 4 is 23.2 Å². The van der Waals surface area contributed by atoms with E-state index in [0.29, 0.717) is 11.3 Å². The van der Waals surface area contributed by atoms with E-state index >= 15 is 0 Å². The normalized spacial score (nSPS) is 10.1. The van der Waals surface area contributed by atoms with Crippen LogP contribution < -0.4 is 11.1 Å². The van der Waals surface area contributed by atoms with Crippen molar-refractivity contribution in [1.29, 1.82) is 0 Å². The van der Waals surface area contributed by atoms with E-state index in [4.69, 9.17) is 5.73 Å². The number of hydrogen-bond donors (Lipinski definition) is 2. The fourth-order valence-electron chi connectivity index (χ4n) is 1.79. The molecule has 3 N–H and O–H groups in total. The Morgan fingerprint density at radius 1 is 1.20 bits per heavy atom. The Morgan fingerprint density at radius 3 is 2.45 bits per heavy atom. The van der Waals surface area contributed by atoms with Crippen molar-refractivity contribution in [3.05, 3.63) is 53.2 Å². The molecule has 0 fully saturated rings. The summed E-state index contributed by atoms with van der Waals surface area (Å²) in [6.45, 7) is 3.10. The van der Waals surface area contributed by atoms with Crippen molar-refractivity contribution in [2.24, 2.45) is 0 Å². The van der Waals surface area contributed by atoms with Gasteiger partial charge in [-0.25, -0.2) is 4.98 Å². The number of nitrogens with zero attached hydrogens (tertiary/aromatic N) is 1. The quantitative estimate of drug-likeness (QED) is 0.838. The summed E-state index contributed by atoms with van der Waals surface area (Å²) >= 11 is 0.